The summed E-state index contributed by atoms with van der Waals surface area (Å²) in [6, 6.07) is 2.24. The van der Waals surface area contributed by atoms with Crippen LogP contribution in [0.5, 0.6) is 0 Å². The molecule has 0 spiro atoms. The van der Waals surface area contributed by atoms with Crippen LogP contribution >= 0.6 is 0 Å². The topological polar surface area (TPSA) is 99.9 Å². The van der Waals surface area contributed by atoms with Gasteiger partial charge in [-0.25, -0.2) is 4.79 Å². The van der Waals surface area contributed by atoms with E-state index >= 15 is 0 Å². The summed E-state index contributed by atoms with van der Waals surface area (Å²) in [6.45, 7) is 2.13. The molecule has 1 fully saturated rings. The fraction of sp³-hybridized carbons (Fsp3) is 0.500. The van der Waals surface area contributed by atoms with Gasteiger partial charge in [0.2, 0.25) is 5.91 Å². The van der Waals surface area contributed by atoms with Crippen molar-refractivity contribution in [1.82, 2.24) is 10.2 Å². The van der Waals surface area contributed by atoms with Crippen molar-refractivity contribution in [2.24, 2.45) is 5.92 Å². The maximum atomic E-state index is 12.1. The summed E-state index contributed by atoms with van der Waals surface area (Å²) in [5.41, 5.74) is 0. The molecule has 2 rings (SSSR count). The predicted molar refractivity (Wildman–Crippen MR) is 72.6 cm³/mol. The number of carbonyl (C=O) groups is 3. The molecule has 2 amide bonds. The van der Waals surface area contributed by atoms with E-state index < -0.39 is 23.8 Å². The van der Waals surface area contributed by atoms with Gasteiger partial charge in [0.05, 0.1) is 12.8 Å². The normalized spacial score (nSPS) is 21.9. The van der Waals surface area contributed by atoms with Crippen LogP contribution in [-0.2, 0) is 9.59 Å². The van der Waals surface area contributed by atoms with Crippen LogP contribution in [0, 0.1) is 5.92 Å². The smallest absolute Gasteiger partial charge is 0.326 e. The molecule has 0 saturated carbocycles. The van der Waals surface area contributed by atoms with E-state index in [4.69, 9.17) is 4.42 Å². The number of nitrogens with one attached hydrogen (secondary N) is 1. The molecule has 0 radical (unpaired) electrons. The third kappa shape index (κ3) is 3.62. The lowest BCUT2D eigenvalue weighted by atomic mass is 9.92. The SMILES string of the molecule is CC1CCN(C(=O)CNC(=O)c2ccco2)C(C(=O)O)C1. The van der Waals surface area contributed by atoms with E-state index in [9.17, 15) is 19.5 Å². The number of aliphatic carboxylic acids is 1. The number of piperidine rings is 1. The van der Waals surface area contributed by atoms with Gasteiger partial charge in [0.1, 0.15) is 6.04 Å². The van der Waals surface area contributed by atoms with Gasteiger partial charge in [-0.05, 0) is 30.9 Å². The van der Waals surface area contributed by atoms with Crippen molar-refractivity contribution in [2.75, 3.05) is 13.1 Å². The molecular weight excluding hydrogens is 276 g/mol. The van der Waals surface area contributed by atoms with Crippen molar-refractivity contribution in [3.05, 3.63) is 24.2 Å². The molecule has 0 aromatic carbocycles. The third-order valence-corrected chi connectivity index (χ3v) is 3.62. The Balaban J connectivity index is 1.92. The minimum atomic E-state index is -1.01. The van der Waals surface area contributed by atoms with Crippen LogP contribution in [0.2, 0.25) is 0 Å². The van der Waals surface area contributed by atoms with Gasteiger partial charge in [0.25, 0.3) is 5.91 Å². The van der Waals surface area contributed by atoms with Crippen molar-refractivity contribution in [1.29, 1.82) is 0 Å². The molecule has 7 heteroatoms. The summed E-state index contributed by atoms with van der Waals surface area (Å²) in [6.07, 6.45) is 2.57. The van der Waals surface area contributed by atoms with Crippen LogP contribution in [0.3, 0.4) is 0 Å². The monoisotopic (exact) mass is 294 g/mol. The van der Waals surface area contributed by atoms with Gasteiger partial charge in [-0.1, -0.05) is 6.92 Å². The summed E-state index contributed by atoms with van der Waals surface area (Å²) < 4.78 is 4.92. The molecule has 1 saturated heterocycles. The Kier molecular flexibility index (Phi) is 4.62. The van der Waals surface area contributed by atoms with Crippen molar-refractivity contribution < 1.29 is 23.9 Å². The van der Waals surface area contributed by atoms with Crippen LogP contribution in [0.1, 0.15) is 30.3 Å². The molecule has 2 N–H and O–H groups in total. The molecule has 1 aromatic rings. The molecule has 2 atom stereocenters. The summed E-state index contributed by atoms with van der Waals surface area (Å²) in [7, 11) is 0. The quantitative estimate of drug-likeness (QED) is 0.852. The number of hydrogen-bond acceptors (Lipinski definition) is 4. The first-order valence-electron chi connectivity index (χ1n) is 6.83. The highest BCUT2D eigenvalue weighted by Crippen LogP contribution is 2.22. The Labute approximate surface area is 121 Å². The number of nitrogens with zero attached hydrogens (tertiary/aromatic N) is 1. The molecule has 2 unspecified atom stereocenters. The van der Waals surface area contributed by atoms with Crippen LogP contribution in [0.4, 0.5) is 0 Å². The van der Waals surface area contributed by atoms with Gasteiger partial charge >= 0.3 is 5.97 Å². The molecule has 21 heavy (non-hydrogen) atoms. The Morgan fingerprint density at radius 2 is 2.24 bits per heavy atom. The van der Waals surface area contributed by atoms with E-state index in [1.54, 1.807) is 6.07 Å². The van der Waals surface area contributed by atoms with Crippen molar-refractivity contribution in [3.63, 3.8) is 0 Å². The molecule has 0 bridgehead atoms. The maximum absolute atomic E-state index is 12.1. The number of carboxylic acids is 1. The molecule has 7 nitrogen and oxygen atoms in total. The predicted octanol–water partition coefficient (Wildman–Crippen LogP) is 0.721. The standard InChI is InChI=1S/C14H18N2O5/c1-9-4-5-16(10(7-9)14(19)20)12(17)8-15-13(18)11-3-2-6-21-11/h2-3,6,9-10H,4-5,7-8H2,1H3,(H,15,18)(H,19,20). The summed E-state index contributed by atoms with van der Waals surface area (Å²) in [5, 5.41) is 11.6. The second-order valence-corrected chi connectivity index (χ2v) is 5.23. The summed E-state index contributed by atoms with van der Waals surface area (Å²) >= 11 is 0. The maximum Gasteiger partial charge on any atom is 0.326 e. The second-order valence-electron chi connectivity index (χ2n) is 5.23. The van der Waals surface area contributed by atoms with Crippen LogP contribution in [0.15, 0.2) is 22.8 Å². The zero-order chi connectivity index (χ0) is 15.4. The van der Waals surface area contributed by atoms with Crippen LogP contribution < -0.4 is 5.32 Å². The summed E-state index contributed by atoms with van der Waals surface area (Å²) in [4.78, 5) is 36.3. The lowest BCUT2D eigenvalue weighted by molar-refractivity contribution is -0.152. The van der Waals surface area contributed by atoms with Gasteiger partial charge < -0.3 is 19.7 Å². The number of furan rings is 1. The highest BCUT2D eigenvalue weighted by atomic mass is 16.4. The number of hydrogen-bond donors (Lipinski definition) is 2. The largest absolute Gasteiger partial charge is 0.480 e. The number of likely N-dealkylation sites (tertiary alicyclic amines) is 1. The first kappa shape index (κ1) is 15.1. The van der Waals surface area contributed by atoms with Crippen molar-refractivity contribution in [3.8, 4) is 0 Å². The minimum Gasteiger partial charge on any atom is -0.480 e. The Morgan fingerprint density at radius 1 is 1.48 bits per heavy atom. The van der Waals surface area contributed by atoms with Gasteiger partial charge in [0, 0.05) is 6.54 Å². The highest BCUT2D eigenvalue weighted by molar-refractivity contribution is 5.94. The van der Waals surface area contributed by atoms with Crippen molar-refractivity contribution >= 4 is 17.8 Å². The number of carboxylic acid groups (broad SMARTS) is 1. The lowest BCUT2D eigenvalue weighted by Gasteiger charge is -2.36. The Morgan fingerprint density at radius 3 is 2.86 bits per heavy atom. The second kappa shape index (κ2) is 6.43. The fourth-order valence-corrected chi connectivity index (χ4v) is 2.43. The third-order valence-electron chi connectivity index (χ3n) is 3.62. The minimum absolute atomic E-state index is 0.116. The molecular formula is C14H18N2O5. The van der Waals surface area contributed by atoms with Crippen molar-refractivity contribution in [2.45, 2.75) is 25.8 Å². The molecule has 114 valence electrons. The highest BCUT2D eigenvalue weighted by Gasteiger charge is 2.34. The molecule has 0 aliphatic carbocycles. The molecule has 1 aliphatic rings. The van der Waals surface area contributed by atoms with E-state index in [-0.39, 0.29) is 18.2 Å². The van der Waals surface area contributed by atoms with E-state index in [0.717, 1.165) is 6.42 Å². The first-order chi connectivity index (χ1) is 9.99. The number of rotatable bonds is 4. The van der Waals surface area contributed by atoms with Gasteiger partial charge in [-0.15, -0.1) is 0 Å². The van der Waals surface area contributed by atoms with E-state index in [1.165, 1.54) is 17.2 Å². The molecule has 2 heterocycles. The average Bonchev–Trinajstić information content (AvgIpc) is 2.98. The van der Waals surface area contributed by atoms with Crippen LogP contribution in [-0.4, -0.2) is 46.9 Å². The molecule has 1 aromatic heterocycles. The first-order valence-corrected chi connectivity index (χ1v) is 6.83. The average molecular weight is 294 g/mol. The zero-order valence-electron chi connectivity index (χ0n) is 11.7. The lowest BCUT2D eigenvalue weighted by Crippen LogP contribution is -2.52. The van der Waals surface area contributed by atoms with Gasteiger partial charge in [0.15, 0.2) is 5.76 Å². The number of carbonyl (C=O) groups excluding carboxylic acids is 2. The van der Waals surface area contributed by atoms with Gasteiger partial charge in [-0.3, -0.25) is 9.59 Å². The van der Waals surface area contributed by atoms with Gasteiger partial charge in [-0.2, -0.15) is 0 Å². The van der Waals surface area contributed by atoms with E-state index in [1.807, 2.05) is 6.92 Å². The van der Waals surface area contributed by atoms with E-state index in [0.29, 0.717) is 13.0 Å². The number of amides is 2. The van der Waals surface area contributed by atoms with Crippen LogP contribution in [0.25, 0.3) is 0 Å². The zero-order valence-corrected chi connectivity index (χ0v) is 11.7. The molecule has 1 aliphatic heterocycles. The summed E-state index contributed by atoms with van der Waals surface area (Å²) in [5.74, 6) is -1.51. The fourth-order valence-electron chi connectivity index (χ4n) is 2.43. The Hall–Kier alpha value is -2.31. The Bertz CT molecular complexity index is 525. The van der Waals surface area contributed by atoms with E-state index in [2.05, 4.69) is 5.32 Å².